The van der Waals surface area contributed by atoms with Crippen molar-refractivity contribution in [2.75, 3.05) is 19.0 Å². The normalized spacial score (nSPS) is 12.0. The summed E-state index contributed by atoms with van der Waals surface area (Å²) in [5.41, 5.74) is 2.61. The molecule has 112 valence electrons. The minimum absolute atomic E-state index is 0. The molecule has 1 atom stereocenters. The highest BCUT2D eigenvalue weighted by Gasteiger charge is 2.06. The van der Waals surface area contributed by atoms with Crippen LogP contribution >= 0.6 is 11.6 Å². The summed E-state index contributed by atoms with van der Waals surface area (Å²) in [5, 5.41) is 0. The molecule has 0 aromatic heterocycles. The van der Waals surface area contributed by atoms with Crippen LogP contribution in [0.3, 0.4) is 0 Å². The SMILES string of the molecule is ClCC[NH+](C/C=C/c1ccccc1)Cc1ccccc1.[Cl-]. The molecule has 0 amide bonds. The van der Waals surface area contributed by atoms with Gasteiger partial charge >= 0.3 is 0 Å². The third-order valence-corrected chi connectivity index (χ3v) is 3.45. The first-order chi connectivity index (χ1) is 9.88. The minimum Gasteiger partial charge on any atom is -1.00 e. The molecule has 0 radical (unpaired) electrons. The lowest BCUT2D eigenvalue weighted by atomic mass is 10.2. The van der Waals surface area contributed by atoms with Crippen molar-refractivity contribution >= 4 is 17.7 Å². The highest BCUT2D eigenvalue weighted by molar-refractivity contribution is 6.17. The molecule has 0 aliphatic carbocycles. The monoisotopic (exact) mass is 321 g/mol. The van der Waals surface area contributed by atoms with Gasteiger partial charge < -0.3 is 17.3 Å². The summed E-state index contributed by atoms with van der Waals surface area (Å²) in [6.07, 6.45) is 4.42. The molecule has 2 rings (SSSR count). The van der Waals surface area contributed by atoms with Crippen LogP contribution < -0.4 is 17.3 Å². The van der Waals surface area contributed by atoms with Gasteiger partial charge in [-0.05, 0) is 11.6 Å². The van der Waals surface area contributed by atoms with E-state index in [1.54, 1.807) is 0 Å². The second kappa shape index (κ2) is 10.4. The van der Waals surface area contributed by atoms with E-state index in [1.807, 2.05) is 6.07 Å². The van der Waals surface area contributed by atoms with Gasteiger partial charge in [-0.2, -0.15) is 0 Å². The molecule has 21 heavy (non-hydrogen) atoms. The molecule has 0 bridgehead atoms. The highest BCUT2D eigenvalue weighted by Crippen LogP contribution is 2.00. The summed E-state index contributed by atoms with van der Waals surface area (Å²) < 4.78 is 0. The molecule has 3 heteroatoms. The molecule has 0 aliphatic heterocycles. The number of alkyl halides is 1. The molecule has 1 N–H and O–H groups in total. The smallest absolute Gasteiger partial charge is 0.103 e. The van der Waals surface area contributed by atoms with Crippen LogP contribution in [-0.4, -0.2) is 19.0 Å². The Hall–Kier alpha value is -1.28. The zero-order valence-electron chi connectivity index (χ0n) is 12.0. The highest BCUT2D eigenvalue weighted by atomic mass is 35.5. The molecule has 2 aromatic carbocycles. The number of nitrogens with one attached hydrogen (secondary N) is 1. The van der Waals surface area contributed by atoms with Crippen LogP contribution in [0.2, 0.25) is 0 Å². The summed E-state index contributed by atoms with van der Waals surface area (Å²) in [6, 6.07) is 21.0. The zero-order valence-corrected chi connectivity index (χ0v) is 13.5. The summed E-state index contributed by atoms with van der Waals surface area (Å²) in [5.74, 6) is 0.696. The Labute approximate surface area is 138 Å². The third-order valence-electron chi connectivity index (χ3n) is 3.26. The maximum absolute atomic E-state index is 5.91. The lowest BCUT2D eigenvalue weighted by Crippen LogP contribution is -3.10. The van der Waals surface area contributed by atoms with Crippen molar-refractivity contribution in [2.45, 2.75) is 6.54 Å². The average molecular weight is 322 g/mol. The van der Waals surface area contributed by atoms with E-state index in [9.17, 15) is 0 Å². The van der Waals surface area contributed by atoms with Gasteiger partial charge in [0, 0.05) is 5.56 Å². The van der Waals surface area contributed by atoms with Crippen LogP contribution in [0.5, 0.6) is 0 Å². The van der Waals surface area contributed by atoms with Crippen molar-refractivity contribution in [1.82, 2.24) is 0 Å². The fourth-order valence-electron chi connectivity index (χ4n) is 2.21. The average Bonchev–Trinajstić information content (AvgIpc) is 2.49. The molecule has 1 unspecified atom stereocenters. The Balaban J connectivity index is 0.00000220. The van der Waals surface area contributed by atoms with E-state index in [0.717, 1.165) is 19.6 Å². The molecule has 0 spiro atoms. The van der Waals surface area contributed by atoms with Crippen LogP contribution in [-0.2, 0) is 6.54 Å². The number of hydrogen-bond acceptors (Lipinski definition) is 0. The van der Waals surface area contributed by atoms with E-state index < -0.39 is 0 Å². The van der Waals surface area contributed by atoms with Crippen molar-refractivity contribution in [3.63, 3.8) is 0 Å². The van der Waals surface area contributed by atoms with Crippen molar-refractivity contribution in [3.05, 3.63) is 77.9 Å². The van der Waals surface area contributed by atoms with E-state index in [1.165, 1.54) is 16.0 Å². The Bertz CT molecular complexity index is 511. The summed E-state index contributed by atoms with van der Waals surface area (Å²) in [6.45, 7) is 3.00. The predicted molar refractivity (Wildman–Crippen MR) is 87.0 cm³/mol. The van der Waals surface area contributed by atoms with Crippen molar-refractivity contribution in [2.24, 2.45) is 0 Å². The topological polar surface area (TPSA) is 4.44 Å². The second-order valence-electron chi connectivity index (χ2n) is 4.87. The van der Waals surface area contributed by atoms with Crippen LogP contribution in [0.4, 0.5) is 0 Å². The number of benzene rings is 2. The predicted octanol–water partition coefficient (Wildman–Crippen LogP) is 0.0277. The molecule has 0 heterocycles. The lowest BCUT2D eigenvalue weighted by molar-refractivity contribution is -0.905. The van der Waals surface area contributed by atoms with Gasteiger partial charge in [-0.25, -0.2) is 0 Å². The standard InChI is InChI=1S/C18H20ClN.ClH/c19-13-15-20(16-18-10-5-2-6-11-18)14-7-12-17-8-3-1-4-9-17;/h1-12H,13-16H2;1H/b12-7+;. The van der Waals surface area contributed by atoms with Crippen molar-refractivity contribution in [1.29, 1.82) is 0 Å². The maximum Gasteiger partial charge on any atom is 0.103 e. The van der Waals surface area contributed by atoms with Gasteiger partial charge in [-0.3, -0.25) is 0 Å². The fourth-order valence-corrected chi connectivity index (χ4v) is 2.47. The van der Waals surface area contributed by atoms with E-state index in [0.29, 0.717) is 5.88 Å². The maximum atomic E-state index is 5.91. The fraction of sp³-hybridized carbons (Fsp3) is 0.222. The molecule has 2 aromatic rings. The Kier molecular flexibility index (Phi) is 8.84. The Morgan fingerprint density at radius 3 is 2.14 bits per heavy atom. The lowest BCUT2D eigenvalue weighted by Gasteiger charge is -2.16. The number of quaternary nitrogens is 1. The van der Waals surface area contributed by atoms with E-state index in [2.05, 4.69) is 66.7 Å². The molecular formula is C18H21Cl2N. The molecule has 0 aliphatic rings. The Morgan fingerprint density at radius 1 is 0.905 bits per heavy atom. The minimum atomic E-state index is 0. The Morgan fingerprint density at radius 2 is 1.52 bits per heavy atom. The van der Waals surface area contributed by atoms with Crippen LogP contribution in [0.15, 0.2) is 66.7 Å². The number of halogens is 2. The van der Waals surface area contributed by atoms with Crippen molar-refractivity contribution < 1.29 is 17.3 Å². The van der Waals surface area contributed by atoms with Crippen LogP contribution in [0.1, 0.15) is 11.1 Å². The third kappa shape index (κ3) is 6.81. The van der Waals surface area contributed by atoms with Gasteiger partial charge in [0.25, 0.3) is 0 Å². The van der Waals surface area contributed by atoms with Crippen LogP contribution in [0.25, 0.3) is 6.08 Å². The molecule has 1 nitrogen and oxygen atoms in total. The van der Waals surface area contributed by atoms with E-state index in [4.69, 9.17) is 11.6 Å². The van der Waals surface area contributed by atoms with E-state index >= 15 is 0 Å². The quantitative estimate of drug-likeness (QED) is 0.686. The molecule has 0 fully saturated rings. The number of rotatable bonds is 7. The zero-order chi connectivity index (χ0) is 14.0. The first-order valence-electron chi connectivity index (χ1n) is 7.03. The summed E-state index contributed by atoms with van der Waals surface area (Å²) >= 11 is 5.91. The molecular weight excluding hydrogens is 301 g/mol. The summed E-state index contributed by atoms with van der Waals surface area (Å²) in [4.78, 5) is 1.48. The summed E-state index contributed by atoms with van der Waals surface area (Å²) in [7, 11) is 0. The van der Waals surface area contributed by atoms with E-state index in [-0.39, 0.29) is 12.4 Å². The first-order valence-corrected chi connectivity index (χ1v) is 7.57. The number of hydrogen-bond donors (Lipinski definition) is 1. The van der Waals surface area contributed by atoms with Gasteiger partial charge in [0.05, 0.1) is 19.0 Å². The second-order valence-corrected chi connectivity index (χ2v) is 5.25. The van der Waals surface area contributed by atoms with Gasteiger partial charge in [0.1, 0.15) is 6.54 Å². The van der Waals surface area contributed by atoms with Gasteiger partial charge in [0.2, 0.25) is 0 Å². The van der Waals surface area contributed by atoms with Gasteiger partial charge in [0.15, 0.2) is 0 Å². The largest absolute Gasteiger partial charge is 1.00 e. The van der Waals surface area contributed by atoms with Gasteiger partial charge in [-0.15, -0.1) is 11.6 Å². The van der Waals surface area contributed by atoms with Crippen molar-refractivity contribution in [3.8, 4) is 0 Å². The first kappa shape index (κ1) is 17.8. The molecule has 0 saturated carbocycles. The van der Waals surface area contributed by atoms with Crippen LogP contribution in [0, 0.1) is 0 Å². The molecule has 0 saturated heterocycles. The van der Waals surface area contributed by atoms with Gasteiger partial charge in [-0.1, -0.05) is 66.7 Å².